The zero-order valence-electron chi connectivity index (χ0n) is 20.3. The average Bonchev–Trinajstić information content (AvgIpc) is 2.66. The molecule has 0 aromatic heterocycles. The number of aryl methyl sites for hydroxylation is 1. The van der Waals surface area contributed by atoms with Gasteiger partial charge in [-0.3, -0.25) is 0 Å². The lowest BCUT2D eigenvalue weighted by Gasteiger charge is -2.37. The minimum absolute atomic E-state index is 0.126. The van der Waals surface area contributed by atoms with E-state index >= 15 is 0 Å². The average molecular weight is 411 g/mol. The van der Waals surface area contributed by atoms with Gasteiger partial charge in [-0.2, -0.15) is 0 Å². The molecular weight excluding hydrogens is 368 g/mol. The maximum Gasteiger partial charge on any atom is 0.126 e. The first-order valence-electron chi connectivity index (χ1n) is 11.6. The number of ether oxygens (including phenoxy) is 1. The Morgan fingerprint density at radius 2 is 1.60 bits per heavy atom. The van der Waals surface area contributed by atoms with Crippen molar-refractivity contribution in [3.8, 4) is 11.5 Å². The van der Waals surface area contributed by atoms with Crippen molar-refractivity contribution >= 4 is 0 Å². The van der Waals surface area contributed by atoms with Crippen LogP contribution in [0.1, 0.15) is 96.3 Å². The van der Waals surface area contributed by atoms with Crippen molar-refractivity contribution in [1.29, 1.82) is 0 Å². The molecule has 0 bridgehead atoms. The summed E-state index contributed by atoms with van der Waals surface area (Å²) in [6, 6.07) is 1.83. The highest BCUT2D eigenvalue weighted by Crippen LogP contribution is 2.42. The van der Waals surface area contributed by atoms with Gasteiger partial charge in [-0.1, -0.05) is 34.9 Å². The molecule has 2 heteroatoms. The predicted molar refractivity (Wildman–Crippen MR) is 130 cm³/mol. The second kappa shape index (κ2) is 10.9. The molecular formula is C28H42O2. The van der Waals surface area contributed by atoms with Gasteiger partial charge >= 0.3 is 0 Å². The molecule has 1 heterocycles. The van der Waals surface area contributed by atoms with E-state index in [1.165, 1.54) is 28.7 Å². The highest BCUT2D eigenvalue weighted by Gasteiger charge is 2.33. The van der Waals surface area contributed by atoms with E-state index in [0.717, 1.165) is 61.8 Å². The molecule has 1 aliphatic heterocycles. The Balaban J connectivity index is 1.83. The first-order chi connectivity index (χ1) is 14.1. The summed E-state index contributed by atoms with van der Waals surface area (Å²) in [4.78, 5) is 0. The molecule has 0 unspecified atom stereocenters. The van der Waals surface area contributed by atoms with Gasteiger partial charge in [0.1, 0.15) is 17.1 Å². The molecule has 0 saturated heterocycles. The van der Waals surface area contributed by atoms with Crippen LogP contribution in [0.2, 0.25) is 0 Å². The Kier molecular flexibility index (Phi) is 8.82. The number of allylic oxidation sites excluding steroid dienone is 6. The molecule has 30 heavy (non-hydrogen) atoms. The van der Waals surface area contributed by atoms with Crippen LogP contribution in [0, 0.1) is 13.8 Å². The lowest BCUT2D eigenvalue weighted by molar-refractivity contribution is 0.0559. The van der Waals surface area contributed by atoms with E-state index in [2.05, 4.69) is 52.8 Å². The standard InChI is InChI=1S/C28H42O2/c1-20(2)11-8-12-21(3)13-9-14-22(4)15-10-17-28(7)18-16-25-24(6)26(29)19-23(5)27(25)30-28/h11,13,15,19,29H,8-10,12,14,16-18H2,1-7H3/b21-13+,22-15-/t28-/m0/s1. The molecule has 1 aromatic carbocycles. The molecule has 1 aliphatic rings. The van der Waals surface area contributed by atoms with Crippen molar-refractivity contribution in [2.24, 2.45) is 0 Å². The maximum absolute atomic E-state index is 10.1. The van der Waals surface area contributed by atoms with Gasteiger partial charge in [0.25, 0.3) is 0 Å². The third-order valence-electron chi connectivity index (χ3n) is 6.36. The first kappa shape index (κ1) is 24.3. The molecule has 2 nitrogen and oxygen atoms in total. The SMILES string of the molecule is CC(C)=CCC/C(C)=C/CC/C(C)=C\CC[C@@]1(C)CCc2c(C)c(O)cc(C)c2O1. The van der Waals surface area contributed by atoms with Gasteiger partial charge < -0.3 is 9.84 Å². The van der Waals surface area contributed by atoms with Gasteiger partial charge in [0.05, 0.1) is 0 Å². The fourth-order valence-corrected chi connectivity index (χ4v) is 4.21. The third kappa shape index (κ3) is 7.07. The lowest BCUT2D eigenvalue weighted by Crippen LogP contribution is -2.36. The molecule has 0 saturated carbocycles. The van der Waals surface area contributed by atoms with Gasteiger partial charge in [-0.25, -0.2) is 0 Å². The molecule has 166 valence electrons. The van der Waals surface area contributed by atoms with E-state index in [4.69, 9.17) is 4.74 Å². The molecule has 0 amide bonds. The zero-order valence-corrected chi connectivity index (χ0v) is 20.3. The maximum atomic E-state index is 10.1. The molecule has 1 aromatic rings. The topological polar surface area (TPSA) is 29.5 Å². The monoisotopic (exact) mass is 410 g/mol. The van der Waals surface area contributed by atoms with Crippen molar-refractivity contribution in [3.63, 3.8) is 0 Å². The summed E-state index contributed by atoms with van der Waals surface area (Å²) in [7, 11) is 0. The summed E-state index contributed by atoms with van der Waals surface area (Å²) in [5, 5.41) is 10.1. The highest BCUT2D eigenvalue weighted by atomic mass is 16.5. The quantitative estimate of drug-likeness (QED) is 0.415. The molecule has 2 rings (SSSR count). The Morgan fingerprint density at radius 1 is 1.00 bits per heavy atom. The van der Waals surface area contributed by atoms with Crippen LogP contribution in [0.5, 0.6) is 11.5 Å². The van der Waals surface area contributed by atoms with Crippen molar-refractivity contribution in [1.82, 2.24) is 0 Å². The second-order valence-electron chi connectivity index (χ2n) is 9.70. The van der Waals surface area contributed by atoms with Crippen molar-refractivity contribution in [3.05, 3.63) is 57.7 Å². The summed E-state index contributed by atoms with van der Waals surface area (Å²) in [6.07, 6.45) is 15.8. The number of phenolic OH excluding ortho intramolecular Hbond substituents is 1. The number of hydrogen-bond donors (Lipinski definition) is 1. The lowest BCUT2D eigenvalue weighted by atomic mass is 9.86. The minimum atomic E-state index is -0.126. The Hall–Kier alpha value is -1.96. The summed E-state index contributed by atoms with van der Waals surface area (Å²) in [5.74, 6) is 1.38. The molecule has 1 atom stereocenters. The Morgan fingerprint density at radius 3 is 2.23 bits per heavy atom. The molecule has 0 aliphatic carbocycles. The molecule has 0 spiro atoms. The van der Waals surface area contributed by atoms with Crippen LogP contribution in [-0.2, 0) is 6.42 Å². The van der Waals surface area contributed by atoms with Gasteiger partial charge in [0.15, 0.2) is 0 Å². The third-order valence-corrected chi connectivity index (χ3v) is 6.36. The van der Waals surface area contributed by atoms with Crippen molar-refractivity contribution in [2.75, 3.05) is 0 Å². The van der Waals surface area contributed by atoms with Crippen molar-refractivity contribution in [2.45, 2.75) is 105 Å². The van der Waals surface area contributed by atoms with E-state index in [-0.39, 0.29) is 5.60 Å². The number of phenols is 1. The van der Waals surface area contributed by atoms with Crippen LogP contribution in [0.3, 0.4) is 0 Å². The van der Waals surface area contributed by atoms with E-state index in [1.54, 1.807) is 0 Å². The molecule has 0 radical (unpaired) electrons. The van der Waals surface area contributed by atoms with Crippen LogP contribution in [-0.4, -0.2) is 10.7 Å². The summed E-state index contributed by atoms with van der Waals surface area (Å²) in [6.45, 7) is 15.1. The van der Waals surface area contributed by atoms with Crippen LogP contribution < -0.4 is 4.74 Å². The number of benzene rings is 1. The fraction of sp³-hybridized carbons (Fsp3) is 0.571. The number of rotatable bonds is 9. The Bertz CT molecular complexity index is 822. The normalized spacial score (nSPS) is 19.3. The smallest absolute Gasteiger partial charge is 0.126 e. The number of aromatic hydroxyl groups is 1. The second-order valence-corrected chi connectivity index (χ2v) is 9.70. The molecule has 1 N–H and O–H groups in total. The van der Waals surface area contributed by atoms with E-state index in [0.29, 0.717) is 5.75 Å². The largest absolute Gasteiger partial charge is 0.508 e. The summed E-state index contributed by atoms with van der Waals surface area (Å²) < 4.78 is 6.48. The van der Waals surface area contributed by atoms with Crippen LogP contribution in [0.4, 0.5) is 0 Å². The van der Waals surface area contributed by atoms with Gasteiger partial charge in [-0.15, -0.1) is 0 Å². The highest BCUT2D eigenvalue weighted by molar-refractivity contribution is 5.53. The Labute approximate surface area is 184 Å². The first-order valence-corrected chi connectivity index (χ1v) is 11.6. The van der Waals surface area contributed by atoms with Crippen molar-refractivity contribution < 1.29 is 9.84 Å². The van der Waals surface area contributed by atoms with E-state index in [9.17, 15) is 5.11 Å². The summed E-state index contributed by atoms with van der Waals surface area (Å²) in [5.41, 5.74) is 7.45. The fourth-order valence-electron chi connectivity index (χ4n) is 4.21. The van der Waals surface area contributed by atoms with Crippen LogP contribution >= 0.6 is 0 Å². The van der Waals surface area contributed by atoms with Crippen LogP contribution in [0.15, 0.2) is 41.0 Å². The number of fused-ring (bicyclic) bond motifs is 1. The van der Waals surface area contributed by atoms with Crippen LogP contribution in [0.25, 0.3) is 0 Å². The molecule has 0 fully saturated rings. The zero-order chi connectivity index (χ0) is 22.3. The van der Waals surface area contributed by atoms with Gasteiger partial charge in [0, 0.05) is 5.56 Å². The minimum Gasteiger partial charge on any atom is -0.508 e. The summed E-state index contributed by atoms with van der Waals surface area (Å²) >= 11 is 0. The van der Waals surface area contributed by atoms with E-state index in [1.807, 2.05) is 19.9 Å². The van der Waals surface area contributed by atoms with Gasteiger partial charge in [0.2, 0.25) is 0 Å². The number of hydrogen-bond acceptors (Lipinski definition) is 2. The van der Waals surface area contributed by atoms with Gasteiger partial charge in [-0.05, 0) is 117 Å². The predicted octanol–water partition coefficient (Wildman–Crippen LogP) is 8.29. The van der Waals surface area contributed by atoms with E-state index < -0.39 is 0 Å².